The summed E-state index contributed by atoms with van der Waals surface area (Å²) in [5, 5.41) is 4.96. The Morgan fingerprint density at radius 2 is 1.59 bits per heavy atom. The van der Waals surface area contributed by atoms with Crippen molar-refractivity contribution in [2.24, 2.45) is 0 Å². The maximum absolute atomic E-state index is 13.6. The predicted octanol–water partition coefficient (Wildman–Crippen LogP) is 3.97. The molecule has 3 aromatic carbocycles. The molecule has 3 aromatic rings. The third-order valence-electron chi connectivity index (χ3n) is 4.16. The standard InChI is InChI=1S/C22H18F2N2O3/c1-25-22(28)20(14-11-12-17(23)18(24)13-14)26-21(27)16-9-5-6-10-19(16)29-15-7-3-2-4-8-15/h2-13,20H,1H3,(H,25,28)(H,26,27). The lowest BCUT2D eigenvalue weighted by Gasteiger charge is -2.19. The van der Waals surface area contributed by atoms with E-state index in [4.69, 9.17) is 4.74 Å². The van der Waals surface area contributed by atoms with Gasteiger partial charge in [0, 0.05) is 7.05 Å². The molecule has 0 aliphatic heterocycles. The zero-order valence-electron chi connectivity index (χ0n) is 15.5. The number of likely N-dealkylation sites (N-methyl/N-ethyl adjacent to an activating group) is 1. The summed E-state index contributed by atoms with van der Waals surface area (Å²) in [5.74, 6) is -2.51. The van der Waals surface area contributed by atoms with Crippen molar-refractivity contribution in [2.45, 2.75) is 6.04 Å². The first-order valence-corrected chi connectivity index (χ1v) is 8.79. The van der Waals surface area contributed by atoms with Crippen LogP contribution in [0.4, 0.5) is 8.78 Å². The molecular formula is C22H18F2N2O3. The van der Waals surface area contributed by atoms with Gasteiger partial charge in [-0.05, 0) is 42.0 Å². The second kappa shape index (κ2) is 8.97. The second-order valence-corrected chi connectivity index (χ2v) is 6.11. The molecule has 7 heteroatoms. The highest BCUT2D eigenvalue weighted by molar-refractivity contribution is 6.00. The van der Waals surface area contributed by atoms with Crippen molar-refractivity contribution in [1.82, 2.24) is 10.6 Å². The van der Waals surface area contributed by atoms with Crippen LogP contribution >= 0.6 is 0 Å². The van der Waals surface area contributed by atoms with Crippen molar-refractivity contribution in [3.63, 3.8) is 0 Å². The lowest BCUT2D eigenvalue weighted by Crippen LogP contribution is -2.39. The van der Waals surface area contributed by atoms with Gasteiger partial charge in [0.2, 0.25) is 5.91 Å². The first kappa shape index (κ1) is 20.0. The quantitative estimate of drug-likeness (QED) is 0.663. The fourth-order valence-corrected chi connectivity index (χ4v) is 2.70. The van der Waals surface area contributed by atoms with Gasteiger partial charge in [-0.1, -0.05) is 36.4 Å². The summed E-state index contributed by atoms with van der Waals surface area (Å²) in [5.41, 5.74) is 0.297. The summed E-state index contributed by atoms with van der Waals surface area (Å²) < 4.78 is 32.7. The van der Waals surface area contributed by atoms with Crippen LogP contribution in [0.2, 0.25) is 0 Å². The number of ether oxygens (including phenoxy) is 1. The molecule has 0 saturated carbocycles. The summed E-state index contributed by atoms with van der Waals surface area (Å²) in [6.07, 6.45) is 0. The molecule has 0 aromatic heterocycles. The smallest absolute Gasteiger partial charge is 0.255 e. The lowest BCUT2D eigenvalue weighted by molar-refractivity contribution is -0.122. The van der Waals surface area contributed by atoms with E-state index in [0.717, 1.165) is 12.1 Å². The van der Waals surface area contributed by atoms with E-state index in [0.29, 0.717) is 5.75 Å². The van der Waals surface area contributed by atoms with Crippen LogP contribution in [-0.4, -0.2) is 18.9 Å². The SMILES string of the molecule is CNC(=O)C(NC(=O)c1ccccc1Oc1ccccc1)c1ccc(F)c(F)c1. The number of nitrogens with one attached hydrogen (secondary N) is 2. The van der Waals surface area contributed by atoms with Gasteiger partial charge >= 0.3 is 0 Å². The number of hydrogen-bond acceptors (Lipinski definition) is 3. The average molecular weight is 396 g/mol. The van der Waals surface area contributed by atoms with Crippen molar-refractivity contribution in [1.29, 1.82) is 0 Å². The van der Waals surface area contributed by atoms with E-state index >= 15 is 0 Å². The zero-order valence-corrected chi connectivity index (χ0v) is 15.5. The Kier molecular flexibility index (Phi) is 6.19. The fraction of sp³-hybridized carbons (Fsp3) is 0.0909. The number of halogens is 2. The minimum atomic E-state index is -1.22. The molecule has 1 atom stereocenters. The molecular weight excluding hydrogens is 378 g/mol. The van der Waals surface area contributed by atoms with Gasteiger partial charge in [-0.2, -0.15) is 0 Å². The van der Waals surface area contributed by atoms with Gasteiger partial charge in [0.1, 0.15) is 17.5 Å². The topological polar surface area (TPSA) is 67.4 Å². The molecule has 2 N–H and O–H groups in total. The summed E-state index contributed by atoms with van der Waals surface area (Å²) in [6.45, 7) is 0. The van der Waals surface area contributed by atoms with E-state index in [9.17, 15) is 18.4 Å². The molecule has 0 fully saturated rings. The van der Waals surface area contributed by atoms with E-state index in [1.165, 1.54) is 13.1 Å². The number of carbonyl (C=O) groups is 2. The first-order valence-electron chi connectivity index (χ1n) is 8.79. The Morgan fingerprint density at radius 1 is 0.897 bits per heavy atom. The Hall–Kier alpha value is -3.74. The van der Waals surface area contributed by atoms with Crippen molar-refractivity contribution in [3.05, 3.63) is 95.6 Å². The number of amides is 2. The van der Waals surface area contributed by atoms with Crippen LogP contribution < -0.4 is 15.4 Å². The van der Waals surface area contributed by atoms with Crippen LogP contribution in [0.15, 0.2) is 72.8 Å². The van der Waals surface area contributed by atoms with Crippen LogP contribution in [0.3, 0.4) is 0 Å². The average Bonchev–Trinajstić information content (AvgIpc) is 2.74. The summed E-state index contributed by atoms with van der Waals surface area (Å²) in [4.78, 5) is 25.2. The van der Waals surface area contributed by atoms with Gasteiger partial charge in [0.25, 0.3) is 5.91 Å². The predicted molar refractivity (Wildman–Crippen MR) is 104 cm³/mol. The van der Waals surface area contributed by atoms with Crippen LogP contribution in [0, 0.1) is 11.6 Å². The van der Waals surface area contributed by atoms with Gasteiger partial charge in [-0.25, -0.2) is 8.78 Å². The molecule has 0 spiro atoms. The van der Waals surface area contributed by atoms with Crippen LogP contribution in [-0.2, 0) is 4.79 Å². The van der Waals surface area contributed by atoms with Crippen LogP contribution in [0.25, 0.3) is 0 Å². The number of carbonyl (C=O) groups excluding carboxylic acids is 2. The number of benzene rings is 3. The zero-order chi connectivity index (χ0) is 20.8. The van der Waals surface area contributed by atoms with Crippen molar-refractivity contribution in [3.8, 4) is 11.5 Å². The van der Waals surface area contributed by atoms with E-state index in [1.54, 1.807) is 48.5 Å². The maximum Gasteiger partial charge on any atom is 0.255 e. The van der Waals surface area contributed by atoms with E-state index in [2.05, 4.69) is 10.6 Å². The Balaban J connectivity index is 1.88. The normalized spacial score (nSPS) is 11.4. The third-order valence-corrected chi connectivity index (χ3v) is 4.16. The van der Waals surface area contributed by atoms with Gasteiger partial charge in [0.05, 0.1) is 5.56 Å². The van der Waals surface area contributed by atoms with E-state index < -0.39 is 29.5 Å². The Labute approximate surface area is 166 Å². The van der Waals surface area contributed by atoms with Crippen molar-refractivity contribution in [2.75, 3.05) is 7.05 Å². The molecule has 0 saturated heterocycles. The van der Waals surface area contributed by atoms with E-state index in [1.807, 2.05) is 6.07 Å². The minimum absolute atomic E-state index is 0.109. The molecule has 0 bridgehead atoms. The van der Waals surface area contributed by atoms with Crippen molar-refractivity contribution < 1.29 is 23.1 Å². The highest BCUT2D eigenvalue weighted by Crippen LogP contribution is 2.26. The molecule has 5 nitrogen and oxygen atoms in total. The summed E-state index contributed by atoms with van der Waals surface area (Å²) >= 11 is 0. The summed E-state index contributed by atoms with van der Waals surface area (Å²) in [6, 6.07) is 17.2. The van der Waals surface area contributed by atoms with Gasteiger partial charge < -0.3 is 15.4 Å². The van der Waals surface area contributed by atoms with E-state index in [-0.39, 0.29) is 16.9 Å². The first-order chi connectivity index (χ1) is 14.0. The molecule has 1 unspecified atom stereocenters. The molecule has 3 rings (SSSR count). The fourth-order valence-electron chi connectivity index (χ4n) is 2.70. The van der Waals surface area contributed by atoms with Gasteiger partial charge in [-0.3, -0.25) is 9.59 Å². The minimum Gasteiger partial charge on any atom is -0.457 e. The molecule has 0 radical (unpaired) electrons. The molecule has 0 aliphatic rings. The second-order valence-electron chi connectivity index (χ2n) is 6.11. The highest BCUT2D eigenvalue weighted by Gasteiger charge is 2.25. The maximum atomic E-state index is 13.6. The monoisotopic (exact) mass is 396 g/mol. The largest absolute Gasteiger partial charge is 0.457 e. The Morgan fingerprint density at radius 3 is 2.28 bits per heavy atom. The number of hydrogen-bond donors (Lipinski definition) is 2. The van der Waals surface area contributed by atoms with Crippen LogP contribution in [0.5, 0.6) is 11.5 Å². The molecule has 29 heavy (non-hydrogen) atoms. The van der Waals surface area contributed by atoms with Gasteiger partial charge in [-0.15, -0.1) is 0 Å². The summed E-state index contributed by atoms with van der Waals surface area (Å²) in [7, 11) is 1.38. The molecule has 0 heterocycles. The number of rotatable bonds is 6. The van der Waals surface area contributed by atoms with Crippen molar-refractivity contribution >= 4 is 11.8 Å². The molecule has 148 valence electrons. The third kappa shape index (κ3) is 4.76. The molecule has 0 aliphatic carbocycles. The lowest BCUT2D eigenvalue weighted by atomic mass is 10.0. The van der Waals surface area contributed by atoms with Gasteiger partial charge in [0.15, 0.2) is 11.6 Å². The van der Waals surface area contributed by atoms with Crippen LogP contribution in [0.1, 0.15) is 22.0 Å². The number of para-hydroxylation sites is 2. The Bertz CT molecular complexity index is 1030. The molecule has 2 amide bonds. The highest BCUT2D eigenvalue weighted by atomic mass is 19.2.